The van der Waals surface area contributed by atoms with Gasteiger partial charge in [-0.25, -0.2) is 0 Å². The zero-order valence-corrected chi connectivity index (χ0v) is 14.2. The molecule has 0 amide bonds. The fourth-order valence-corrected chi connectivity index (χ4v) is 3.14. The van der Waals surface area contributed by atoms with Crippen LogP contribution in [0.15, 0.2) is 48.5 Å². The summed E-state index contributed by atoms with van der Waals surface area (Å²) in [6.07, 6.45) is 0.918. The molecule has 0 fully saturated rings. The van der Waals surface area contributed by atoms with E-state index < -0.39 is 0 Å². The van der Waals surface area contributed by atoms with Gasteiger partial charge in [-0.1, -0.05) is 68.3 Å². The molecule has 0 unspecified atom stereocenters. The van der Waals surface area contributed by atoms with Gasteiger partial charge >= 0.3 is 18.9 Å². The van der Waals surface area contributed by atoms with E-state index in [0.717, 1.165) is 37.0 Å². The van der Waals surface area contributed by atoms with Gasteiger partial charge in [0.2, 0.25) is 0 Å². The van der Waals surface area contributed by atoms with E-state index >= 15 is 0 Å². The molecule has 0 aliphatic carbocycles. The molecule has 0 aliphatic heterocycles. The van der Waals surface area contributed by atoms with E-state index in [1.54, 1.807) is 0 Å². The summed E-state index contributed by atoms with van der Waals surface area (Å²) >= 11 is 0. The smallest absolute Gasteiger partial charge is 0.459 e. The first-order valence-electron chi connectivity index (χ1n) is 6.96. The number of hydrogen-bond acceptors (Lipinski definition) is 1. The molecule has 0 radical (unpaired) electrons. The van der Waals surface area contributed by atoms with E-state index in [1.807, 2.05) is 43.3 Å². The fraction of sp³-hybridized carbons (Fsp3) is 0.278. The summed E-state index contributed by atoms with van der Waals surface area (Å²) in [5, 5.41) is 0. The monoisotopic (exact) mass is 290 g/mol. The molecule has 0 aliphatic rings. The SMILES string of the molecule is Cc1cccc(-c2ccccc2)c1C(=O)[P-]CC(C)C.[Li+]. The Bertz CT molecular complexity index is 593. The molecule has 21 heavy (non-hydrogen) atoms. The Balaban J connectivity index is 0.00000220. The first-order valence-corrected chi connectivity index (χ1v) is 8.04. The normalized spacial score (nSPS) is 10.9. The Kier molecular flexibility index (Phi) is 7.40. The average molecular weight is 290 g/mol. The van der Waals surface area contributed by atoms with Crippen molar-refractivity contribution < 1.29 is 23.7 Å². The van der Waals surface area contributed by atoms with Crippen LogP contribution in [0.4, 0.5) is 0 Å². The van der Waals surface area contributed by atoms with Gasteiger partial charge in [-0.3, -0.25) is 0 Å². The summed E-state index contributed by atoms with van der Waals surface area (Å²) < 4.78 is 0. The molecule has 1 nitrogen and oxygen atoms in total. The minimum absolute atomic E-state index is 0. The van der Waals surface area contributed by atoms with Crippen molar-refractivity contribution in [3.05, 3.63) is 59.7 Å². The van der Waals surface area contributed by atoms with Gasteiger partial charge in [0, 0.05) is 5.52 Å². The molecule has 0 bridgehead atoms. The van der Waals surface area contributed by atoms with Gasteiger partial charge in [0.1, 0.15) is 0 Å². The van der Waals surface area contributed by atoms with Gasteiger partial charge in [-0.05, 0) is 29.2 Å². The van der Waals surface area contributed by atoms with E-state index in [1.165, 1.54) is 0 Å². The van der Waals surface area contributed by atoms with Crippen molar-refractivity contribution in [2.45, 2.75) is 20.8 Å². The number of carbonyl (C=O) groups excluding carboxylic acids is 1. The molecule has 0 saturated heterocycles. The summed E-state index contributed by atoms with van der Waals surface area (Å²) in [5.74, 6) is 0.546. The Labute approximate surface area is 141 Å². The largest absolute Gasteiger partial charge is 1.00 e. The van der Waals surface area contributed by atoms with Crippen LogP contribution >= 0.6 is 8.58 Å². The van der Waals surface area contributed by atoms with Crippen molar-refractivity contribution >= 4 is 14.1 Å². The van der Waals surface area contributed by atoms with Gasteiger partial charge in [0.05, 0.1) is 0 Å². The van der Waals surface area contributed by atoms with E-state index in [2.05, 4.69) is 26.0 Å². The van der Waals surface area contributed by atoms with Crippen LogP contribution in [-0.4, -0.2) is 11.7 Å². The van der Waals surface area contributed by atoms with Crippen LogP contribution in [0.5, 0.6) is 0 Å². The number of aryl methyl sites for hydroxylation is 1. The predicted octanol–water partition coefficient (Wildman–Crippen LogP) is 2.41. The summed E-state index contributed by atoms with van der Waals surface area (Å²) in [7, 11) is 0.892. The molecule has 104 valence electrons. The number of benzene rings is 2. The van der Waals surface area contributed by atoms with Crippen molar-refractivity contribution in [2.75, 3.05) is 6.16 Å². The maximum atomic E-state index is 12.6. The third-order valence-electron chi connectivity index (χ3n) is 3.17. The van der Waals surface area contributed by atoms with Crippen molar-refractivity contribution in [2.24, 2.45) is 5.92 Å². The quantitative estimate of drug-likeness (QED) is 0.610. The first kappa shape index (κ1) is 18.2. The van der Waals surface area contributed by atoms with Crippen LogP contribution in [-0.2, 0) is 0 Å². The van der Waals surface area contributed by atoms with E-state index in [0.29, 0.717) is 5.92 Å². The van der Waals surface area contributed by atoms with Gasteiger partial charge in [-0.15, -0.1) is 0 Å². The van der Waals surface area contributed by atoms with Crippen LogP contribution in [0.2, 0.25) is 0 Å². The van der Waals surface area contributed by atoms with Crippen molar-refractivity contribution in [3.8, 4) is 11.1 Å². The third-order valence-corrected chi connectivity index (χ3v) is 4.60. The zero-order valence-electron chi connectivity index (χ0n) is 13.3. The molecule has 0 heterocycles. The number of hydrogen-bond donors (Lipinski definition) is 0. The summed E-state index contributed by atoms with van der Waals surface area (Å²) in [4.78, 5) is 12.6. The average Bonchev–Trinajstić information content (AvgIpc) is 2.45. The molecule has 0 saturated carbocycles. The van der Waals surface area contributed by atoms with Gasteiger partial charge < -0.3 is 13.4 Å². The standard InChI is InChI=1S/C18H20OP.Li/c1-13(2)12-20-18(19)17-14(3)8-7-11-16(17)15-9-5-4-6-10-15;/h4-11,13H,12H2,1-3H3;/q-1;+1. The predicted molar refractivity (Wildman–Crippen MR) is 87.6 cm³/mol. The minimum Gasteiger partial charge on any atom is -0.459 e. The van der Waals surface area contributed by atoms with Gasteiger partial charge in [0.15, 0.2) is 0 Å². The molecule has 0 spiro atoms. The molecule has 0 atom stereocenters. The zero-order chi connectivity index (χ0) is 14.5. The van der Waals surface area contributed by atoms with Crippen LogP contribution < -0.4 is 18.9 Å². The number of carbonyl (C=O) groups is 1. The summed E-state index contributed by atoms with van der Waals surface area (Å²) in [6, 6.07) is 16.2. The molecular weight excluding hydrogens is 270 g/mol. The van der Waals surface area contributed by atoms with E-state index in [9.17, 15) is 4.79 Å². The topological polar surface area (TPSA) is 17.1 Å². The molecule has 2 rings (SSSR count). The summed E-state index contributed by atoms with van der Waals surface area (Å²) in [6.45, 7) is 6.32. The Morgan fingerprint density at radius 1 is 1.05 bits per heavy atom. The Morgan fingerprint density at radius 3 is 2.33 bits per heavy atom. The summed E-state index contributed by atoms with van der Waals surface area (Å²) in [5.41, 5.74) is 4.33. The van der Waals surface area contributed by atoms with Crippen LogP contribution in [0.3, 0.4) is 0 Å². The minimum atomic E-state index is 0. The molecule has 0 aromatic heterocycles. The van der Waals surface area contributed by atoms with E-state index in [4.69, 9.17) is 0 Å². The Morgan fingerprint density at radius 2 is 1.71 bits per heavy atom. The molecule has 2 aromatic carbocycles. The fourth-order valence-electron chi connectivity index (χ4n) is 2.15. The Hall–Kier alpha value is -0.863. The maximum Gasteiger partial charge on any atom is 1.00 e. The van der Waals surface area contributed by atoms with Gasteiger partial charge in [-0.2, -0.15) is 6.16 Å². The van der Waals surface area contributed by atoms with Crippen LogP contribution in [0.1, 0.15) is 29.8 Å². The second-order valence-electron chi connectivity index (χ2n) is 5.40. The first-order chi connectivity index (χ1) is 9.59. The second kappa shape index (κ2) is 8.55. The van der Waals surface area contributed by atoms with Crippen LogP contribution in [0, 0.1) is 12.8 Å². The van der Waals surface area contributed by atoms with Crippen molar-refractivity contribution in [1.29, 1.82) is 0 Å². The molecule has 2 aromatic rings. The second-order valence-corrected chi connectivity index (χ2v) is 6.49. The van der Waals surface area contributed by atoms with E-state index in [-0.39, 0.29) is 24.4 Å². The third kappa shape index (κ3) is 4.82. The van der Waals surface area contributed by atoms with Crippen LogP contribution in [0.25, 0.3) is 11.1 Å². The van der Waals surface area contributed by atoms with Gasteiger partial charge in [0.25, 0.3) is 0 Å². The van der Waals surface area contributed by atoms with Crippen molar-refractivity contribution in [3.63, 3.8) is 0 Å². The van der Waals surface area contributed by atoms with Crippen molar-refractivity contribution in [1.82, 2.24) is 0 Å². The maximum absolute atomic E-state index is 12.6. The number of rotatable bonds is 5. The molecule has 3 heteroatoms. The molecule has 0 N–H and O–H groups in total. The molecular formula is C18H20LiOP.